The molecule has 0 bridgehead atoms. The zero-order valence-corrected chi connectivity index (χ0v) is 14.7. The van der Waals surface area contributed by atoms with Gasteiger partial charge in [0, 0.05) is 50.1 Å². The highest BCUT2D eigenvalue weighted by atomic mass is 35.5. The minimum absolute atomic E-state index is 0.259. The average molecular weight is 358 g/mol. The van der Waals surface area contributed by atoms with Gasteiger partial charge in [0.1, 0.15) is 6.29 Å². The third-order valence-corrected chi connectivity index (χ3v) is 5.34. The number of anilines is 1. The molecule has 2 fully saturated rings. The number of rotatable bonds is 4. The summed E-state index contributed by atoms with van der Waals surface area (Å²) >= 11 is 6.39. The molecule has 0 unspecified atom stereocenters. The summed E-state index contributed by atoms with van der Waals surface area (Å²) in [4.78, 5) is 32.1. The second-order valence-corrected chi connectivity index (χ2v) is 7.13. The van der Waals surface area contributed by atoms with Crippen molar-refractivity contribution < 1.29 is 9.59 Å². The highest BCUT2D eigenvalue weighted by Crippen LogP contribution is 2.36. The highest BCUT2D eigenvalue weighted by molar-refractivity contribution is 6.36. The number of hydrogen-bond donors (Lipinski definition) is 0. The Labute approximate surface area is 151 Å². The van der Waals surface area contributed by atoms with Crippen LogP contribution in [0.1, 0.15) is 18.4 Å². The summed E-state index contributed by atoms with van der Waals surface area (Å²) in [6, 6.07) is 5.69. The molecule has 2 aliphatic rings. The molecule has 1 saturated carbocycles. The number of carbonyl (C=O) groups is 2. The van der Waals surface area contributed by atoms with Gasteiger partial charge in [-0.25, -0.2) is 0 Å². The number of aromatic nitrogens is 1. The van der Waals surface area contributed by atoms with Gasteiger partial charge in [-0.2, -0.15) is 0 Å². The summed E-state index contributed by atoms with van der Waals surface area (Å²) in [5.41, 5.74) is 2.70. The van der Waals surface area contributed by atoms with Gasteiger partial charge in [0.2, 0.25) is 5.91 Å². The molecule has 0 radical (unpaired) electrons. The third-order valence-electron chi connectivity index (χ3n) is 5.03. The molecule has 1 amide bonds. The minimum Gasteiger partial charge on any atom is -0.366 e. The van der Waals surface area contributed by atoms with Crippen molar-refractivity contribution >= 4 is 40.4 Å². The van der Waals surface area contributed by atoms with Gasteiger partial charge < -0.3 is 14.6 Å². The second-order valence-electron chi connectivity index (χ2n) is 6.72. The SMILES string of the molecule is O=CCc1cc(Cl)c2cccnc2c1N1CCN(C(=O)C2CC2)CC1. The van der Waals surface area contributed by atoms with Crippen LogP contribution in [-0.4, -0.2) is 48.3 Å². The van der Waals surface area contributed by atoms with Gasteiger partial charge in [-0.1, -0.05) is 11.6 Å². The standard InChI is InChI=1S/C19H20ClN3O2/c20-16-12-14(5-11-24)18(17-15(16)2-1-6-21-17)22-7-9-23(10-8-22)19(25)13-3-4-13/h1-2,6,11-13H,3-5,7-10H2. The Kier molecular flexibility index (Phi) is 4.34. The van der Waals surface area contributed by atoms with Crippen LogP contribution < -0.4 is 4.90 Å². The molecule has 1 aromatic carbocycles. The van der Waals surface area contributed by atoms with E-state index in [1.165, 1.54) is 0 Å². The predicted molar refractivity (Wildman–Crippen MR) is 98.0 cm³/mol. The fourth-order valence-corrected chi connectivity index (χ4v) is 3.86. The summed E-state index contributed by atoms with van der Waals surface area (Å²) in [5.74, 6) is 0.557. The van der Waals surface area contributed by atoms with Crippen molar-refractivity contribution in [2.45, 2.75) is 19.3 Å². The van der Waals surface area contributed by atoms with Gasteiger partial charge in [-0.15, -0.1) is 0 Å². The number of hydrogen-bond acceptors (Lipinski definition) is 4. The molecule has 4 rings (SSSR count). The number of amides is 1. The molecule has 130 valence electrons. The Morgan fingerprint density at radius 2 is 2.04 bits per heavy atom. The van der Waals surface area contributed by atoms with E-state index in [1.807, 2.05) is 23.1 Å². The van der Waals surface area contributed by atoms with E-state index in [4.69, 9.17) is 11.6 Å². The van der Waals surface area contributed by atoms with Gasteiger partial charge >= 0.3 is 0 Å². The van der Waals surface area contributed by atoms with E-state index in [9.17, 15) is 9.59 Å². The van der Waals surface area contributed by atoms with Gasteiger partial charge in [-0.05, 0) is 36.6 Å². The Morgan fingerprint density at radius 3 is 2.72 bits per heavy atom. The van der Waals surface area contributed by atoms with Crippen LogP contribution in [0, 0.1) is 5.92 Å². The molecule has 0 N–H and O–H groups in total. The van der Waals surface area contributed by atoms with Crippen LogP contribution in [0.2, 0.25) is 5.02 Å². The lowest BCUT2D eigenvalue weighted by atomic mass is 10.0. The fourth-order valence-electron chi connectivity index (χ4n) is 3.58. The van der Waals surface area contributed by atoms with Gasteiger partial charge in [0.15, 0.2) is 0 Å². The van der Waals surface area contributed by atoms with Crippen LogP contribution in [-0.2, 0) is 16.0 Å². The Morgan fingerprint density at radius 1 is 1.28 bits per heavy atom. The molecule has 25 heavy (non-hydrogen) atoms. The first-order chi connectivity index (χ1) is 12.2. The van der Waals surface area contributed by atoms with Crippen molar-refractivity contribution in [3.63, 3.8) is 0 Å². The molecule has 6 heteroatoms. The van der Waals surface area contributed by atoms with E-state index in [-0.39, 0.29) is 5.92 Å². The largest absolute Gasteiger partial charge is 0.366 e. The summed E-state index contributed by atoms with van der Waals surface area (Å²) in [5, 5.41) is 1.51. The number of pyridine rings is 1. The third kappa shape index (κ3) is 3.09. The monoisotopic (exact) mass is 357 g/mol. The quantitative estimate of drug-likeness (QED) is 0.789. The lowest BCUT2D eigenvalue weighted by Gasteiger charge is -2.37. The molecule has 1 aliphatic heterocycles. The second kappa shape index (κ2) is 6.64. The maximum absolute atomic E-state index is 12.3. The molecule has 0 spiro atoms. The van der Waals surface area contributed by atoms with Crippen LogP contribution in [0.5, 0.6) is 0 Å². The number of piperazine rings is 1. The van der Waals surface area contributed by atoms with E-state index >= 15 is 0 Å². The minimum atomic E-state index is 0.259. The van der Waals surface area contributed by atoms with Crippen LogP contribution in [0.4, 0.5) is 5.69 Å². The highest BCUT2D eigenvalue weighted by Gasteiger charge is 2.35. The van der Waals surface area contributed by atoms with E-state index in [0.29, 0.717) is 30.4 Å². The smallest absolute Gasteiger partial charge is 0.225 e. The molecule has 2 heterocycles. The lowest BCUT2D eigenvalue weighted by molar-refractivity contribution is -0.132. The predicted octanol–water partition coefficient (Wildman–Crippen LogP) is 2.69. The molecular formula is C19H20ClN3O2. The number of aldehydes is 1. The van der Waals surface area contributed by atoms with Crippen molar-refractivity contribution in [2.75, 3.05) is 31.1 Å². The Bertz CT molecular complexity index is 827. The van der Waals surface area contributed by atoms with Gasteiger partial charge in [-0.3, -0.25) is 9.78 Å². The van der Waals surface area contributed by atoms with Crippen LogP contribution in [0.25, 0.3) is 10.9 Å². The van der Waals surface area contributed by atoms with Crippen molar-refractivity contribution in [1.29, 1.82) is 0 Å². The van der Waals surface area contributed by atoms with Gasteiger partial charge in [0.05, 0.1) is 16.2 Å². The Balaban J connectivity index is 1.66. The lowest BCUT2D eigenvalue weighted by Crippen LogP contribution is -2.49. The molecular weight excluding hydrogens is 338 g/mol. The maximum Gasteiger partial charge on any atom is 0.225 e. The maximum atomic E-state index is 12.3. The average Bonchev–Trinajstić information content (AvgIpc) is 3.47. The van der Waals surface area contributed by atoms with E-state index in [2.05, 4.69) is 9.88 Å². The summed E-state index contributed by atoms with van der Waals surface area (Å²) in [6.45, 7) is 2.93. The topological polar surface area (TPSA) is 53.5 Å². The first kappa shape index (κ1) is 16.3. The Hall–Kier alpha value is -2.14. The number of fused-ring (bicyclic) bond motifs is 1. The molecule has 2 aromatic rings. The first-order valence-electron chi connectivity index (χ1n) is 8.72. The molecule has 1 aliphatic carbocycles. The summed E-state index contributed by atoms with van der Waals surface area (Å²) in [6.07, 6.45) is 5.03. The van der Waals surface area contributed by atoms with Crippen molar-refractivity contribution in [2.24, 2.45) is 5.92 Å². The normalized spacial score (nSPS) is 17.8. The molecule has 1 saturated heterocycles. The van der Waals surface area contributed by atoms with Crippen LogP contribution in [0.15, 0.2) is 24.4 Å². The van der Waals surface area contributed by atoms with Crippen molar-refractivity contribution in [1.82, 2.24) is 9.88 Å². The summed E-state index contributed by atoms with van der Waals surface area (Å²) < 4.78 is 0. The number of carbonyl (C=O) groups excluding carboxylic acids is 2. The van der Waals surface area contributed by atoms with Crippen LogP contribution in [0.3, 0.4) is 0 Å². The molecule has 5 nitrogen and oxygen atoms in total. The molecule has 0 atom stereocenters. The summed E-state index contributed by atoms with van der Waals surface area (Å²) in [7, 11) is 0. The number of halogens is 1. The number of nitrogens with zero attached hydrogens (tertiary/aromatic N) is 3. The van der Waals surface area contributed by atoms with Crippen LogP contribution >= 0.6 is 11.6 Å². The molecule has 1 aromatic heterocycles. The van der Waals surface area contributed by atoms with E-state index < -0.39 is 0 Å². The zero-order valence-electron chi connectivity index (χ0n) is 13.9. The zero-order chi connectivity index (χ0) is 17.4. The van der Waals surface area contributed by atoms with E-state index in [1.54, 1.807) is 6.20 Å². The first-order valence-corrected chi connectivity index (χ1v) is 9.10. The van der Waals surface area contributed by atoms with E-state index in [0.717, 1.165) is 54.4 Å². The van der Waals surface area contributed by atoms with Crippen molar-refractivity contribution in [3.05, 3.63) is 35.0 Å². The van der Waals surface area contributed by atoms with Crippen molar-refractivity contribution in [3.8, 4) is 0 Å². The number of benzene rings is 1. The van der Waals surface area contributed by atoms with Gasteiger partial charge in [0.25, 0.3) is 0 Å². The fraction of sp³-hybridized carbons (Fsp3) is 0.421.